The van der Waals surface area contributed by atoms with Crippen molar-refractivity contribution in [1.29, 1.82) is 0 Å². The Bertz CT molecular complexity index is 1600. The van der Waals surface area contributed by atoms with Gasteiger partial charge in [-0.3, -0.25) is 9.69 Å². The van der Waals surface area contributed by atoms with Gasteiger partial charge in [-0.25, -0.2) is 9.18 Å². The van der Waals surface area contributed by atoms with Gasteiger partial charge in [0.2, 0.25) is 5.43 Å². The molecule has 4 aromatic rings. The quantitative estimate of drug-likeness (QED) is 0.244. The van der Waals surface area contributed by atoms with E-state index in [9.17, 15) is 14.7 Å². The predicted octanol–water partition coefficient (Wildman–Crippen LogP) is 4.51. The highest BCUT2D eigenvalue weighted by Crippen LogP contribution is 2.38. The molecule has 0 spiro atoms. The summed E-state index contributed by atoms with van der Waals surface area (Å²) in [5, 5.41) is 14.0. The van der Waals surface area contributed by atoms with Crippen molar-refractivity contribution < 1.29 is 23.5 Å². The number of carboxylic acids is 1. The maximum Gasteiger partial charge on any atom is 0.341 e. The molecule has 2 aromatic heterocycles. The second-order valence-electron chi connectivity index (χ2n) is 10.2. The van der Waals surface area contributed by atoms with Crippen LogP contribution in [0.5, 0.6) is 0 Å². The average molecular weight is 545 g/mol. The number of carboxylic acid groups (broad SMARTS) is 1. The highest BCUT2D eigenvalue weighted by Gasteiger charge is 2.29. The average Bonchev–Trinajstić information content (AvgIpc) is 3.66. The summed E-state index contributed by atoms with van der Waals surface area (Å²) in [6.45, 7) is 3.31. The molecular weight excluding hydrogens is 515 g/mol. The molecule has 2 aromatic carbocycles. The summed E-state index contributed by atoms with van der Waals surface area (Å²) in [4.78, 5) is 34.2. The number of furan rings is 1. The van der Waals surface area contributed by atoms with E-state index in [4.69, 9.17) is 9.25 Å². The molecule has 0 bridgehead atoms. The standard InChI is InChI=1S/C30H29FN4O5/c31-24-15-22-26(35(21-8-9-21)17-23(29(22)36)30(37)38)16-27(24)34-12-10-33(11-13-34)18-25(28-7-4-14-39-28)32-40-19-20-5-2-1-3-6-20/h1-7,14-17,21H,8-13,18-19H2,(H,37,38)/b32-25-. The Morgan fingerprint density at radius 3 is 2.52 bits per heavy atom. The minimum Gasteiger partial charge on any atom is -0.477 e. The van der Waals surface area contributed by atoms with Crippen molar-refractivity contribution in [3.05, 3.63) is 100.0 Å². The molecule has 9 nitrogen and oxygen atoms in total. The number of rotatable bonds is 9. The van der Waals surface area contributed by atoms with Crippen molar-refractivity contribution in [2.75, 3.05) is 37.6 Å². The topological polar surface area (TPSA) is 101 Å². The predicted molar refractivity (Wildman–Crippen MR) is 149 cm³/mol. The normalized spacial score (nSPS) is 16.4. The monoisotopic (exact) mass is 544 g/mol. The van der Waals surface area contributed by atoms with Gasteiger partial charge >= 0.3 is 5.97 Å². The highest BCUT2D eigenvalue weighted by molar-refractivity contribution is 5.99. The Labute approximate surface area is 229 Å². The molecule has 0 unspecified atom stereocenters. The second kappa shape index (κ2) is 11.0. The van der Waals surface area contributed by atoms with Gasteiger partial charge < -0.3 is 23.8 Å². The van der Waals surface area contributed by atoms with Gasteiger partial charge in [0.15, 0.2) is 5.76 Å². The lowest BCUT2D eigenvalue weighted by Crippen LogP contribution is -2.48. The molecule has 6 rings (SSSR count). The number of piperazine rings is 1. The fourth-order valence-electron chi connectivity index (χ4n) is 5.12. The number of oxime groups is 1. The van der Waals surface area contributed by atoms with Gasteiger partial charge in [0, 0.05) is 50.3 Å². The number of nitrogens with zero attached hydrogens (tertiary/aromatic N) is 4. The van der Waals surface area contributed by atoms with Gasteiger partial charge in [-0.05, 0) is 42.7 Å². The summed E-state index contributed by atoms with van der Waals surface area (Å²) in [5.74, 6) is -1.20. The first kappa shape index (κ1) is 25.8. The molecule has 1 saturated carbocycles. The third kappa shape index (κ3) is 5.35. The fraction of sp³-hybridized carbons (Fsp3) is 0.300. The van der Waals surface area contributed by atoms with Crippen LogP contribution in [0.1, 0.15) is 40.6 Å². The van der Waals surface area contributed by atoms with Gasteiger partial charge in [-0.1, -0.05) is 35.5 Å². The molecule has 0 radical (unpaired) electrons. The van der Waals surface area contributed by atoms with Crippen LogP contribution in [0.25, 0.3) is 10.9 Å². The number of aromatic nitrogens is 1. The summed E-state index contributed by atoms with van der Waals surface area (Å²) in [7, 11) is 0. The van der Waals surface area contributed by atoms with Crippen LogP contribution in [-0.4, -0.2) is 59.0 Å². The number of pyridine rings is 1. The van der Waals surface area contributed by atoms with Crippen LogP contribution in [0.3, 0.4) is 0 Å². The first-order valence-corrected chi connectivity index (χ1v) is 13.3. The lowest BCUT2D eigenvalue weighted by atomic mass is 10.1. The number of fused-ring (bicyclic) bond motifs is 1. The summed E-state index contributed by atoms with van der Waals surface area (Å²) >= 11 is 0. The Morgan fingerprint density at radius 1 is 1.07 bits per heavy atom. The van der Waals surface area contributed by atoms with Crippen LogP contribution in [0.15, 0.2) is 81.4 Å². The zero-order chi connectivity index (χ0) is 27.6. The summed E-state index contributed by atoms with van der Waals surface area (Å²) in [6.07, 6.45) is 4.80. The number of anilines is 1. The molecule has 40 heavy (non-hydrogen) atoms. The SMILES string of the molecule is O=C(O)c1cn(C2CC2)c2cc(N3CCN(C/C(=N/OCc4ccccc4)c4ccco4)CC3)c(F)cc2c1=O. The zero-order valence-corrected chi connectivity index (χ0v) is 21.8. The van der Waals surface area contributed by atoms with Gasteiger partial charge in [0.1, 0.15) is 23.7 Å². The summed E-state index contributed by atoms with van der Waals surface area (Å²) in [5.41, 5.74) is 1.68. The van der Waals surface area contributed by atoms with E-state index >= 15 is 4.39 Å². The molecule has 0 atom stereocenters. The van der Waals surface area contributed by atoms with Crippen molar-refractivity contribution in [1.82, 2.24) is 9.47 Å². The van der Waals surface area contributed by atoms with Crippen molar-refractivity contribution in [2.24, 2.45) is 5.16 Å². The molecule has 0 amide bonds. The van der Waals surface area contributed by atoms with Crippen LogP contribution >= 0.6 is 0 Å². The molecule has 1 saturated heterocycles. The van der Waals surface area contributed by atoms with E-state index in [0.717, 1.165) is 18.4 Å². The van der Waals surface area contributed by atoms with Gasteiger partial charge in [0.25, 0.3) is 0 Å². The molecule has 2 aliphatic rings. The molecule has 1 aliphatic carbocycles. The minimum absolute atomic E-state index is 0.0986. The molecule has 10 heteroatoms. The van der Waals surface area contributed by atoms with Crippen LogP contribution < -0.4 is 10.3 Å². The molecule has 1 aliphatic heterocycles. The van der Waals surface area contributed by atoms with E-state index < -0.39 is 17.2 Å². The number of hydrogen-bond donors (Lipinski definition) is 1. The Hall–Kier alpha value is -4.44. The van der Waals surface area contributed by atoms with Crippen LogP contribution in [0, 0.1) is 5.82 Å². The van der Waals surface area contributed by atoms with Crippen molar-refractivity contribution in [3.8, 4) is 0 Å². The van der Waals surface area contributed by atoms with Crippen LogP contribution in [-0.2, 0) is 11.4 Å². The van der Waals surface area contributed by atoms with E-state index in [1.807, 2.05) is 51.9 Å². The maximum absolute atomic E-state index is 15.3. The number of hydrogen-bond acceptors (Lipinski definition) is 7. The smallest absolute Gasteiger partial charge is 0.341 e. The highest BCUT2D eigenvalue weighted by atomic mass is 19.1. The lowest BCUT2D eigenvalue weighted by molar-refractivity contribution is 0.0695. The molecular formula is C30H29FN4O5. The van der Waals surface area contributed by atoms with Crippen molar-refractivity contribution in [2.45, 2.75) is 25.5 Å². The van der Waals surface area contributed by atoms with Crippen LogP contribution in [0.4, 0.5) is 10.1 Å². The molecule has 2 fully saturated rings. The van der Waals surface area contributed by atoms with Gasteiger partial charge in [-0.2, -0.15) is 0 Å². The summed E-state index contributed by atoms with van der Waals surface area (Å²) < 4.78 is 22.8. The van der Waals surface area contributed by atoms with Crippen LogP contribution in [0.2, 0.25) is 0 Å². The number of aromatic carboxylic acids is 1. The Morgan fingerprint density at radius 2 is 1.85 bits per heavy atom. The lowest BCUT2D eigenvalue weighted by Gasteiger charge is -2.36. The van der Waals surface area contributed by atoms with Crippen molar-refractivity contribution >= 4 is 28.3 Å². The first-order valence-electron chi connectivity index (χ1n) is 13.3. The fourth-order valence-corrected chi connectivity index (χ4v) is 5.12. The minimum atomic E-state index is -1.30. The first-order chi connectivity index (χ1) is 19.5. The molecule has 206 valence electrons. The summed E-state index contributed by atoms with van der Waals surface area (Å²) in [6, 6.07) is 16.5. The second-order valence-corrected chi connectivity index (χ2v) is 10.2. The molecule has 1 N–H and O–H groups in total. The van der Waals surface area contributed by atoms with E-state index in [0.29, 0.717) is 62.0 Å². The zero-order valence-electron chi connectivity index (χ0n) is 21.8. The molecule has 3 heterocycles. The number of carbonyl (C=O) groups is 1. The number of benzene rings is 2. The third-order valence-corrected chi connectivity index (χ3v) is 7.41. The van der Waals surface area contributed by atoms with E-state index in [1.165, 1.54) is 12.3 Å². The van der Waals surface area contributed by atoms with E-state index in [2.05, 4.69) is 10.1 Å². The largest absolute Gasteiger partial charge is 0.477 e. The van der Waals surface area contributed by atoms with E-state index in [-0.39, 0.29) is 17.0 Å². The van der Waals surface area contributed by atoms with Gasteiger partial charge in [-0.15, -0.1) is 0 Å². The van der Waals surface area contributed by atoms with Crippen molar-refractivity contribution in [3.63, 3.8) is 0 Å². The van der Waals surface area contributed by atoms with E-state index in [1.54, 1.807) is 12.3 Å². The number of halogens is 1. The third-order valence-electron chi connectivity index (χ3n) is 7.41. The Balaban J connectivity index is 1.18. The Kier molecular flexibility index (Phi) is 7.08. The maximum atomic E-state index is 15.3. The van der Waals surface area contributed by atoms with Gasteiger partial charge in [0.05, 0.1) is 17.5 Å².